The number of rotatable bonds is 3. The molecule has 0 aliphatic heterocycles. The predicted octanol–water partition coefficient (Wildman–Crippen LogP) is 2.05. The number of nitrogens with two attached hydrogens (primary N) is 1. The molecule has 2 aromatic rings. The third-order valence-corrected chi connectivity index (χ3v) is 2.21. The number of nitrogens with zero attached hydrogens (tertiary/aromatic N) is 2. The van der Waals surface area contributed by atoms with Gasteiger partial charge in [0.05, 0.1) is 17.4 Å². The molecule has 2 aromatic heterocycles. The minimum atomic E-state index is -0.513. The molecule has 1 amide bonds. The van der Waals surface area contributed by atoms with E-state index in [1.54, 1.807) is 30.7 Å². The summed E-state index contributed by atoms with van der Waals surface area (Å²) < 4.78 is 0. The number of aromatic nitrogens is 2. The molecule has 0 aromatic carbocycles. The largest absolute Gasteiger partial charge is 0.365 e. The maximum atomic E-state index is 11.2. The van der Waals surface area contributed by atoms with E-state index in [-0.39, 0.29) is 12.4 Å². The van der Waals surface area contributed by atoms with E-state index < -0.39 is 5.91 Å². The van der Waals surface area contributed by atoms with Gasteiger partial charge in [0.25, 0.3) is 5.91 Å². The molecule has 5 nitrogen and oxygen atoms in total. The van der Waals surface area contributed by atoms with Crippen LogP contribution in [0.2, 0.25) is 0 Å². The van der Waals surface area contributed by atoms with Gasteiger partial charge in [-0.2, -0.15) is 0 Å². The second-order valence-corrected chi connectivity index (χ2v) is 3.64. The summed E-state index contributed by atoms with van der Waals surface area (Å²) in [6, 6.07) is 5.20. The number of halogens is 1. The molecule has 0 saturated carbocycles. The average Bonchev–Trinajstić information content (AvgIpc) is 2.29. The zero-order valence-electron chi connectivity index (χ0n) is 9.75. The summed E-state index contributed by atoms with van der Waals surface area (Å²) in [7, 11) is 0. The van der Waals surface area contributed by atoms with Crippen molar-refractivity contribution in [3.63, 3.8) is 0 Å². The van der Waals surface area contributed by atoms with Gasteiger partial charge in [0.2, 0.25) is 0 Å². The number of amides is 1. The van der Waals surface area contributed by atoms with Crippen molar-refractivity contribution in [3.05, 3.63) is 47.9 Å². The fourth-order valence-corrected chi connectivity index (χ4v) is 1.46. The molecule has 2 rings (SSSR count). The van der Waals surface area contributed by atoms with Crippen LogP contribution in [0, 0.1) is 6.92 Å². The number of hydrogen-bond donors (Lipinski definition) is 2. The number of nitrogens with one attached hydrogen (secondary N) is 1. The SMILES string of the molecule is Cc1cncc(Nc2ncccc2C(N)=O)c1.Cl. The Hall–Kier alpha value is -2.14. The molecule has 0 fully saturated rings. The molecule has 0 unspecified atom stereocenters. The van der Waals surface area contributed by atoms with E-state index >= 15 is 0 Å². The molecule has 0 atom stereocenters. The number of primary amides is 1. The summed E-state index contributed by atoms with van der Waals surface area (Å²) in [5.74, 6) is -0.0754. The minimum absolute atomic E-state index is 0. The van der Waals surface area contributed by atoms with Gasteiger partial charge in [0.15, 0.2) is 0 Å². The van der Waals surface area contributed by atoms with Crippen LogP contribution in [0.15, 0.2) is 36.8 Å². The first kappa shape index (κ1) is 13.9. The number of aryl methyl sites for hydroxylation is 1. The maximum absolute atomic E-state index is 11.2. The summed E-state index contributed by atoms with van der Waals surface area (Å²) in [6.07, 6.45) is 5.00. The molecule has 0 saturated heterocycles. The van der Waals surface area contributed by atoms with E-state index in [0.29, 0.717) is 11.4 Å². The Bertz CT molecular complexity index is 559. The number of anilines is 2. The molecular weight excluding hydrogens is 252 g/mol. The zero-order valence-corrected chi connectivity index (χ0v) is 10.6. The Kier molecular flexibility index (Phi) is 4.62. The van der Waals surface area contributed by atoms with Gasteiger partial charge < -0.3 is 11.1 Å². The van der Waals surface area contributed by atoms with Gasteiger partial charge in [-0.15, -0.1) is 12.4 Å². The molecule has 0 bridgehead atoms. The lowest BCUT2D eigenvalue weighted by molar-refractivity contribution is 0.100. The molecule has 0 aliphatic carbocycles. The molecule has 6 heteroatoms. The molecule has 3 N–H and O–H groups in total. The van der Waals surface area contributed by atoms with Crippen LogP contribution in [-0.2, 0) is 0 Å². The van der Waals surface area contributed by atoms with E-state index in [4.69, 9.17) is 5.73 Å². The normalized spacial score (nSPS) is 9.39. The van der Waals surface area contributed by atoms with Gasteiger partial charge in [0, 0.05) is 12.4 Å². The lowest BCUT2D eigenvalue weighted by Crippen LogP contribution is -2.14. The van der Waals surface area contributed by atoms with Crippen LogP contribution in [0.1, 0.15) is 15.9 Å². The van der Waals surface area contributed by atoms with Gasteiger partial charge in [-0.3, -0.25) is 9.78 Å². The highest BCUT2D eigenvalue weighted by Gasteiger charge is 2.08. The van der Waals surface area contributed by atoms with Gasteiger partial charge >= 0.3 is 0 Å². The van der Waals surface area contributed by atoms with Gasteiger partial charge in [-0.25, -0.2) is 4.98 Å². The fraction of sp³-hybridized carbons (Fsp3) is 0.0833. The van der Waals surface area contributed by atoms with Crippen molar-refractivity contribution in [3.8, 4) is 0 Å². The van der Waals surface area contributed by atoms with Crippen molar-refractivity contribution >= 4 is 29.8 Å². The van der Waals surface area contributed by atoms with Crippen molar-refractivity contribution in [2.75, 3.05) is 5.32 Å². The summed E-state index contributed by atoms with van der Waals surface area (Å²) in [5, 5.41) is 3.02. The zero-order chi connectivity index (χ0) is 12.3. The Labute approximate surface area is 111 Å². The molecule has 18 heavy (non-hydrogen) atoms. The predicted molar refractivity (Wildman–Crippen MR) is 72.3 cm³/mol. The van der Waals surface area contributed by atoms with Crippen molar-refractivity contribution in [2.45, 2.75) is 6.92 Å². The number of carbonyl (C=O) groups excluding carboxylic acids is 1. The summed E-state index contributed by atoms with van der Waals surface area (Å²) in [5.41, 5.74) is 7.41. The van der Waals surface area contributed by atoms with Crippen LogP contribution < -0.4 is 11.1 Å². The first-order valence-corrected chi connectivity index (χ1v) is 5.10. The average molecular weight is 265 g/mol. The smallest absolute Gasteiger partial charge is 0.252 e. The highest BCUT2D eigenvalue weighted by atomic mass is 35.5. The molecule has 0 aliphatic rings. The number of pyridine rings is 2. The van der Waals surface area contributed by atoms with Gasteiger partial charge in [-0.05, 0) is 30.7 Å². The minimum Gasteiger partial charge on any atom is -0.365 e. The number of carbonyl (C=O) groups is 1. The topological polar surface area (TPSA) is 80.9 Å². The Balaban J connectivity index is 0.00000162. The fourth-order valence-electron chi connectivity index (χ4n) is 1.46. The third-order valence-electron chi connectivity index (χ3n) is 2.21. The Morgan fingerprint density at radius 2 is 2.17 bits per heavy atom. The van der Waals surface area contributed by atoms with Crippen molar-refractivity contribution in [2.24, 2.45) is 5.73 Å². The lowest BCUT2D eigenvalue weighted by atomic mass is 10.2. The standard InChI is InChI=1S/C12H12N4O.ClH/c1-8-5-9(7-14-6-8)16-12-10(11(13)17)3-2-4-15-12;/h2-7H,1H3,(H2,13,17)(H,15,16);1H. The Morgan fingerprint density at radius 3 is 2.83 bits per heavy atom. The third kappa shape index (κ3) is 3.18. The van der Waals surface area contributed by atoms with E-state index in [9.17, 15) is 4.79 Å². The van der Waals surface area contributed by atoms with E-state index in [1.807, 2.05) is 13.0 Å². The highest BCUT2D eigenvalue weighted by Crippen LogP contribution is 2.17. The maximum Gasteiger partial charge on any atom is 0.252 e. The second-order valence-electron chi connectivity index (χ2n) is 3.64. The first-order chi connectivity index (χ1) is 8.16. The quantitative estimate of drug-likeness (QED) is 0.889. The van der Waals surface area contributed by atoms with E-state index in [2.05, 4.69) is 15.3 Å². The molecule has 2 heterocycles. The molecule has 0 radical (unpaired) electrons. The van der Waals surface area contributed by atoms with Gasteiger partial charge in [-0.1, -0.05) is 0 Å². The van der Waals surface area contributed by atoms with Crippen molar-refractivity contribution < 1.29 is 4.79 Å². The van der Waals surface area contributed by atoms with Crippen LogP contribution in [0.3, 0.4) is 0 Å². The number of hydrogen-bond acceptors (Lipinski definition) is 4. The van der Waals surface area contributed by atoms with Crippen LogP contribution >= 0.6 is 12.4 Å². The monoisotopic (exact) mass is 264 g/mol. The van der Waals surface area contributed by atoms with Crippen LogP contribution in [0.4, 0.5) is 11.5 Å². The highest BCUT2D eigenvalue weighted by molar-refractivity contribution is 5.98. The summed E-state index contributed by atoms with van der Waals surface area (Å²) in [4.78, 5) is 19.3. The van der Waals surface area contributed by atoms with Gasteiger partial charge in [0.1, 0.15) is 5.82 Å². The van der Waals surface area contributed by atoms with E-state index in [1.165, 1.54) is 0 Å². The lowest BCUT2D eigenvalue weighted by Gasteiger charge is -2.08. The second kappa shape index (κ2) is 5.97. The molecular formula is C12H13ClN4O. The van der Waals surface area contributed by atoms with Crippen LogP contribution in [-0.4, -0.2) is 15.9 Å². The Morgan fingerprint density at radius 1 is 1.39 bits per heavy atom. The first-order valence-electron chi connectivity index (χ1n) is 5.10. The van der Waals surface area contributed by atoms with Crippen LogP contribution in [0.25, 0.3) is 0 Å². The van der Waals surface area contributed by atoms with Crippen molar-refractivity contribution in [1.82, 2.24) is 9.97 Å². The summed E-state index contributed by atoms with van der Waals surface area (Å²) >= 11 is 0. The van der Waals surface area contributed by atoms with Crippen molar-refractivity contribution in [1.29, 1.82) is 0 Å². The molecule has 94 valence electrons. The van der Waals surface area contributed by atoms with E-state index in [0.717, 1.165) is 11.3 Å². The summed E-state index contributed by atoms with van der Waals surface area (Å²) in [6.45, 7) is 1.94. The molecule has 0 spiro atoms. The van der Waals surface area contributed by atoms with Crippen LogP contribution in [0.5, 0.6) is 0 Å².